The van der Waals surface area contributed by atoms with Gasteiger partial charge in [-0.2, -0.15) is 0 Å². The zero-order valence-electron chi connectivity index (χ0n) is 11.6. The van der Waals surface area contributed by atoms with Crippen molar-refractivity contribution in [3.05, 3.63) is 34.4 Å². The third-order valence-corrected chi connectivity index (χ3v) is 3.47. The molecule has 0 fully saturated rings. The second-order valence-corrected chi connectivity index (χ2v) is 5.06. The molecule has 0 bridgehead atoms. The van der Waals surface area contributed by atoms with Gasteiger partial charge < -0.3 is 10.6 Å². The van der Waals surface area contributed by atoms with Gasteiger partial charge in [-0.25, -0.2) is 0 Å². The first-order chi connectivity index (χ1) is 9.47. The van der Waals surface area contributed by atoms with Gasteiger partial charge in [-0.05, 0) is 36.1 Å². The van der Waals surface area contributed by atoms with Crippen LogP contribution in [0.5, 0.6) is 0 Å². The van der Waals surface area contributed by atoms with Crippen molar-refractivity contribution >= 4 is 35.0 Å². The summed E-state index contributed by atoms with van der Waals surface area (Å²) >= 11 is 10.9. The summed E-state index contributed by atoms with van der Waals surface area (Å²) in [4.78, 5) is 22.3. The van der Waals surface area contributed by atoms with Gasteiger partial charge in [0.05, 0.1) is 0 Å². The molecular formula is C14H18Cl2N2O2. The van der Waals surface area contributed by atoms with E-state index >= 15 is 0 Å². The largest absolute Gasteiger partial charge is 0.351 e. The van der Waals surface area contributed by atoms with Crippen LogP contribution in [-0.4, -0.2) is 23.6 Å². The van der Waals surface area contributed by atoms with Gasteiger partial charge >= 0.3 is 0 Å². The zero-order valence-corrected chi connectivity index (χ0v) is 13.1. The van der Waals surface area contributed by atoms with Crippen LogP contribution in [0.4, 0.5) is 0 Å². The standard InChI is InChI=1S/C14H18Cl2N2O2/c1-9-3-12(8-18-14(20)6-16)10(2)4-11(9)7-17-13(19)5-15/h3-4H,5-8H2,1-2H3,(H,17,19)(H,18,20). The summed E-state index contributed by atoms with van der Waals surface area (Å²) in [6.07, 6.45) is 0. The van der Waals surface area contributed by atoms with Crippen molar-refractivity contribution in [1.29, 1.82) is 0 Å². The summed E-state index contributed by atoms with van der Waals surface area (Å²) in [5, 5.41) is 5.47. The highest BCUT2D eigenvalue weighted by molar-refractivity contribution is 6.27. The van der Waals surface area contributed by atoms with Gasteiger partial charge in [0.25, 0.3) is 0 Å². The van der Waals surface area contributed by atoms with E-state index in [9.17, 15) is 9.59 Å². The number of alkyl halides is 2. The predicted molar refractivity (Wildman–Crippen MR) is 81.0 cm³/mol. The van der Waals surface area contributed by atoms with Crippen LogP contribution >= 0.6 is 23.2 Å². The lowest BCUT2D eigenvalue weighted by molar-refractivity contribution is -0.119. The Bertz CT molecular complexity index is 458. The molecule has 110 valence electrons. The molecule has 0 spiro atoms. The number of carbonyl (C=O) groups excluding carboxylic acids is 2. The van der Waals surface area contributed by atoms with E-state index in [1.807, 2.05) is 26.0 Å². The molecule has 2 amide bonds. The molecule has 2 N–H and O–H groups in total. The Morgan fingerprint density at radius 2 is 1.25 bits per heavy atom. The molecule has 1 aromatic rings. The number of carbonyl (C=O) groups is 2. The first-order valence-corrected chi connectivity index (χ1v) is 7.29. The number of amides is 2. The van der Waals surface area contributed by atoms with E-state index in [1.165, 1.54) is 0 Å². The second kappa shape index (κ2) is 8.12. The number of rotatable bonds is 6. The number of hydrogen-bond donors (Lipinski definition) is 2. The lowest BCUT2D eigenvalue weighted by atomic mass is 9.99. The van der Waals surface area contributed by atoms with Crippen LogP contribution in [0.3, 0.4) is 0 Å². The van der Waals surface area contributed by atoms with Gasteiger partial charge in [-0.1, -0.05) is 12.1 Å². The number of benzene rings is 1. The van der Waals surface area contributed by atoms with Crippen LogP contribution in [0.2, 0.25) is 0 Å². The molecule has 0 aliphatic heterocycles. The second-order valence-electron chi connectivity index (χ2n) is 4.53. The number of halogens is 2. The van der Waals surface area contributed by atoms with E-state index in [0.29, 0.717) is 13.1 Å². The minimum Gasteiger partial charge on any atom is -0.351 e. The third-order valence-electron chi connectivity index (χ3n) is 2.99. The average Bonchev–Trinajstić information content (AvgIpc) is 2.45. The molecule has 0 aliphatic carbocycles. The molecule has 1 aromatic carbocycles. The Labute approximate surface area is 128 Å². The summed E-state index contributed by atoms with van der Waals surface area (Å²) in [7, 11) is 0. The highest BCUT2D eigenvalue weighted by atomic mass is 35.5. The lowest BCUT2D eigenvalue weighted by Gasteiger charge is -2.13. The van der Waals surface area contributed by atoms with Crippen molar-refractivity contribution in [2.75, 3.05) is 11.8 Å². The minimum absolute atomic E-state index is 0.0411. The van der Waals surface area contributed by atoms with E-state index in [1.54, 1.807) is 0 Å². The van der Waals surface area contributed by atoms with Crippen LogP contribution in [0.25, 0.3) is 0 Å². The van der Waals surface area contributed by atoms with Crippen LogP contribution in [0.1, 0.15) is 22.3 Å². The van der Waals surface area contributed by atoms with Gasteiger partial charge in [-0.3, -0.25) is 9.59 Å². The van der Waals surface area contributed by atoms with Crippen molar-refractivity contribution in [2.45, 2.75) is 26.9 Å². The average molecular weight is 317 g/mol. The minimum atomic E-state index is -0.192. The van der Waals surface area contributed by atoms with Gasteiger partial charge in [0, 0.05) is 13.1 Å². The molecule has 0 radical (unpaired) electrons. The molecule has 0 unspecified atom stereocenters. The first kappa shape index (κ1) is 16.8. The molecule has 0 aromatic heterocycles. The summed E-state index contributed by atoms with van der Waals surface area (Å²) in [6, 6.07) is 4.01. The molecule has 0 aliphatic rings. The number of aryl methyl sites for hydroxylation is 2. The third kappa shape index (κ3) is 5.02. The lowest BCUT2D eigenvalue weighted by Crippen LogP contribution is -2.25. The fourth-order valence-corrected chi connectivity index (χ4v) is 1.99. The van der Waals surface area contributed by atoms with Gasteiger partial charge in [0.2, 0.25) is 11.8 Å². The predicted octanol–water partition coefficient (Wildman–Crippen LogP) is 2.01. The fourth-order valence-electron chi connectivity index (χ4n) is 1.80. The summed E-state index contributed by atoms with van der Waals surface area (Å²) in [5.74, 6) is -0.467. The van der Waals surface area contributed by atoms with Crippen LogP contribution in [0.15, 0.2) is 12.1 Å². The molecule has 0 saturated carbocycles. The first-order valence-electron chi connectivity index (χ1n) is 6.22. The molecule has 0 atom stereocenters. The quantitative estimate of drug-likeness (QED) is 0.789. The maximum absolute atomic E-state index is 11.2. The molecule has 6 heteroatoms. The molecule has 0 saturated heterocycles. The molecule has 0 heterocycles. The van der Waals surface area contributed by atoms with Gasteiger partial charge in [-0.15, -0.1) is 23.2 Å². The number of hydrogen-bond acceptors (Lipinski definition) is 2. The van der Waals surface area contributed by atoms with Crippen molar-refractivity contribution in [3.8, 4) is 0 Å². The maximum atomic E-state index is 11.2. The Morgan fingerprint density at radius 3 is 1.55 bits per heavy atom. The fraction of sp³-hybridized carbons (Fsp3) is 0.429. The van der Waals surface area contributed by atoms with E-state index < -0.39 is 0 Å². The Hall–Kier alpha value is -1.26. The van der Waals surface area contributed by atoms with Crippen LogP contribution in [0, 0.1) is 13.8 Å². The van der Waals surface area contributed by atoms with Gasteiger partial charge in [0.1, 0.15) is 11.8 Å². The summed E-state index contributed by atoms with van der Waals surface area (Å²) in [5.41, 5.74) is 4.18. The molecule has 20 heavy (non-hydrogen) atoms. The van der Waals surface area contributed by atoms with E-state index in [0.717, 1.165) is 22.3 Å². The van der Waals surface area contributed by atoms with Crippen LogP contribution < -0.4 is 10.6 Å². The van der Waals surface area contributed by atoms with Crippen LogP contribution in [-0.2, 0) is 22.7 Å². The monoisotopic (exact) mass is 316 g/mol. The zero-order chi connectivity index (χ0) is 15.1. The van der Waals surface area contributed by atoms with Crippen molar-refractivity contribution < 1.29 is 9.59 Å². The normalized spacial score (nSPS) is 10.2. The molecule has 4 nitrogen and oxygen atoms in total. The summed E-state index contributed by atoms with van der Waals surface area (Å²) < 4.78 is 0. The Balaban J connectivity index is 2.75. The summed E-state index contributed by atoms with van der Waals surface area (Å²) in [6.45, 7) is 4.84. The highest BCUT2D eigenvalue weighted by Gasteiger charge is 2.07. The Morgan fingerprint density at radius 1 is 0.900 bits per heavy atom. The topological polar surface area (TPSA) is 58.2 Å². The maximum Gasteiger partial charge on any atom is 0.235 e. The SMILES string of the molecule is Cc1cc(CNC(=O)CCl)c(C)cc1CNC(=O)CCl. The van der Waals surface area contributed by atoms with E-state index in [4.69, 9.17) is 23.2 Å². The number of nitrogens with one attached hydrogen (secondary N) is 2. The van der Waals surface area contributed by atoms with E-state index in [-0.39, 0.29) is 23.6 Å². The van der Waals surface area contributed by atoms with Gasteiger partial charge in [0.15, 0.2) is 0 Å². The Kier molecular flexibility index (Phi) is 6.82. The van der Waals surface area contributed by atoms with Crippen molar-refractivity contribution in [3.63, 3.8) is 0 Å². The van der Waals surface area contributed by atoms with Crippen molar-refractivity contribution in [2.24, 2.45) is 0 Å². The smallest absolute Gasteiger partial charge is 0.235 e. The molecular weight excluding hydrogens is 299 g/mol. The highest BCUT2D eigenvalue weighted by Crippen LogP contribution is 2.16. The van der Waals surface area contributed by atoms with E-state index in [2.05, 4.69) is 10.6 Å². The van der Waals surface area contributed by atoms with Crippen molar-refractivity contribution in [1.82, 2.24) is 10.6 Å². The molecule has 1 rings (SSSR count).